The minimum Gasteiger partial charge on any atom is -0.457 e. The zero-order valence-corrected chi connectivity index (χ0v) is 41.1. The van der Waals surface area contributed by atoms with Gasteiger partial charge in [0.15, 0.2) is 0 Å². The molecule has 2 atom stereocenters. The molecule has 0 spiro atoms. The van der Waals surface area contributed by atoms with Crippen molar-refractivity contribution in [3.8, 4) is 0 Å². The second-order valence-corrected chi connectivity index (χ2v) is 17.8. The normalized spacial score (nSPS) is 14.8. The summed E-state index contributed by atoms with van der Waals surface area (Å²) in [5, 5.41) is 0. The van der Waals surface area contributed by atoms with E-state index in [2.05, 4.69) is 148 Å². The number of carbonyl (C=O) groups excluding carboxylic acids is 1. The average molecular weight is 895 g/mol. The molecule has 2 unspecified atom stereocenters. The van der Waals surface area contributed by atoms with Crippen molar-refractivity contribution < 1.29 is 37.3 Å². The van der Waals surface area contributed by atoms with E-state index in [1.807, 2.05) is 21.1 Å². The largest absolute Gasteiger partial charge is 0.472 e. The molecule has 0 radical (unpaired) electrons. The lowest BCUT2D eigenvalue weighted by molar-refractivity contribution is -0.870. The molecule has 0 bridgehead atoms. The Bertz CT molecular complexity index is 1460. The van der Waals surface area contributed by atoms with E-state index in [-0.39, 0.29) is 32.2 Å². The molecule has 0 heterocycles. The number of phosphoric ester groups is 1. The van der Waals surface area contributed by atoms with E-state index in [0.717, 1.165) is 122 Å². The third-order valence-electron chi connectivity index (χ3n) is 9.21. The molecular formula is C54H89NO7P+. The van der Waals surface area contributed by atoms with Gasteiger partial charge in [0.25, 0.3) is 0 Å². The molecule has 63 heavy (non-hydrogen) atoms. The highest BCUT2D eigenvalue weighted by molar-refractivity contribution is 7.47. The Balaban J connectivity index is 4.36. The smallest absolute Gasteiger partial charge is 0.457 e. The van der Waals surface area contributed by atoms with Gasteiger partial charge in [0.05, 0.1) is 34.4 Å². The molecule has 356 valence electrons. The first-order valence-corrected chi connectivity index (χ1v) is 25.4. The number of hydrogen-bond acceptors (Lipinski definition) is 6. The number of likely N-dealkylation sites (N-methyl/N-ethyl adjacent to an activating group) is 1. The van der Waals surface area contributed by atoms with Crippen molar-refractivity contribution in [3.05, 3.63) is 134 Å². The molecule has 0 aliphatic carbocycles. The van der Waals surface area contributed by atoms with Crippen LogP contribution in [0.15, 0.2) is 134 Å². The summed E-state index contributed by atoms with van der Waals surface area (Å²) in [7, 11) is 1.59. The van der Waals surface area contributed by atoms with Crippen molar-refractivity contribution in [1.29, 1.82) is 0 Å². The number of carbonyl (C=O) groups is 1. The second kappa shape index (κ2) is 45.2. The van der Waals surface area contributed by atoms with Crippen LogP contribution in [0.3, 0.4) is 0 Å². The molecule has 0 aromatic heterocycles. The predicted molar refractivity (Wildman–Crippen MR) is 270 cm³/mol. The van der Waals surface area contributed by atoms with Gasteiger partial charge in [-0.05, 0) is 109 Å². The van der Waals surface area contributed by atoms with Gasteiger partial charge in [-0.25, -0.2) is 4.57 Å². The van der Waals surface area contributed by atoms with E-state index in [9.17, 15) is 14.3 Å². The summed E-state index contributed by atoms with van der Waals surface area (Å²) in [4.78, 5) is 22.9. The predicted octanol–water partition coefficient (Wildman–Crippen LogP) is 14.7. The number of allylic oxidation sites excluding steroid dienone is 22. The van der Waals surface area contributed by atoms with Gasteiger partial charge >= 0.3 is 13.8 Å². The highest BCUT2D eigenvalue weighted by atomic mass is 31.2. The van der Waals surface area contributed by atoms with Crippen LogP contribution in [-0.4, -0.2) is 75.6 Å². The fraction of sp³-hybridized carbons (Fsp3) is 0.574. The Kier molecular flexibility index (Phi) is 42.8. The summed E-state index contributed by atoms with van der Waals surface area (Å²) in [6, 6.07) is 0. The van der Waals surface area contributed by atoms with Crippen molar-refractivity contribution in [3.63, 3.8) is 0 Å². The van der Waals surface area contributed by atoms with Crippen molar-refractivity contribution in [1.82, 2.24) is 0 Å². The molecule has 0 amide bonds. The molecule has 0 aliphatic heterocycles. The lowest BCUT2D eigenvalue weighted by Gasteiger charge is -2.24. The number of unbranched alkanes of at least 4 members (excludes halogenated alkanes) is 6. The average Bonchev–Trinajstić information content (AvgIpc) is 3.24. The van der Waals surface area contributed by atoms with Crippen LogP contribution < -0.4 is 0 Å². The summed E-state index contributed by atoms with van der Waals surface area (Å²) >= 11 is 0. The zero-order valence-electron chi connectivity index (χ0n) is 40.2. The topological polar surface area (TPSA) is 91.3 Å². The molecular weight excluding hydrogens is 806 g/mol. The number of nitrogens with zero attached hydrogens (tertiary/aromatic N) is 1. The van der Waals surface area contributed by atoms with E-state index in [0.29, 0.717) is 17.6 Å². The van der Waals surface area contributed by atoms with Crippen LogP contribution in [0.1, 0.15) is 142 Å². The van der Waals surface area contributed by atoms with Crippen LogP contribution >= 0.6 is 7.82 Å². The van der Waals surface area contributed by atoms with E-state index in [1.54, 1.807) is 0 Å². The van der Waals surface area contributed by atoms with E-state index < -0.39 is 13.9 Å². The fourth-order valence-electron chi connectivity index (χ4n) is 5.58. The van der Waals surface area contributed by atoms with Gasteiger partial charge in [0.2, 0.25) is 0 Å². The van der Waals surface area contributed by atoms with Crippen LogP contribution in [0, 0.1) is 0 Å². The van der Waals surface area contributed by atoms with Crippen molar-refractivity contribution in [2.75, 3.05) is 54.1 Å². The van der Waals surface area contributed by atoms with Crippen LogP contribution in [0.25, 0.3) is 0 Å². The molecule has 0 saturated heterocycles. The van der Waals surface area contributed by atoms with Gasteiger partial charge in [-0.1, -0.05) is 160 Å². The number of ether oxygens (including phenoxy) is 2. The van der Waals surface area contributed by atoms with Crippen LogP contribution in [0.5, 0.6) is 0 Å². The summed E-state index contributed by atoms with van der Waals surface area (Å²) in [5.74, 6) is -0.359. The Morgan fingerprint density at radius 2 is 0.873 bits per heavy atom. The molecule has 0 fully saturated rings. The number of rotatable bonds is 42. The van der Waals surface area contributed by atoms with Crippen molar-refractivity contribution in [2.45, 2.75) is 148 Å². The van der Waals surface area contributed by atoms with Crippen molar-refractivity contribution >= 4 is 13.8 Å². The highest BCUT2D eigenvalue weighted by Crippen LogP contribution is 2.43. The van der Waals surface area contributed by atoms with Crippen LogP contribution in [0.4, 0.5) is 0 Å². The molecule has 9 heteroatoms. The Hall–Kier alpha value is -3.36. The lowest BCUT2D eigenvalue weighted by atomic mass is 10.1. The highest BCUT2D eigenvalue weighted by Gasteiger charge is 2.26. The summed E-state index contributed by atoms with van der Waals surface area (Å²) in [6.45, 7) is 5.20. The minimum absolute atomic E-state index is 0.0658. The molecule has 1 N–H and O–H groups in total. The summed E-state index contributed by atoms with van der Waals surface area (Å²) in [5.41, 5.74) is 0. The minimum atomic E-state index is -4.31. The van der Waals surface area contributed by atoms with E-state index in [1.165, 1.54) is 0 Å². The fourth-order valence-corrected chi connectivity index (χ4v) is 6.32. The van der Waals surface area contributed by atoms with E-state index >= 15 is 0 Å². The van der Waals surface area contributed by atoms with Gasteiger partial charge in [0.1, 0.15) is 19.3 Å². The Morgan fingerprint density at radius 1 is 0.492 bits per heavy atom. The first-order valence-electron chi connectivity index (χ1n) is 23.9. The Labute approximate surface area is 385 Å². The van der Waals surface area contributed by atoms with E-state index in [4.69, 9.17) is 18.5 Å². The van der Waals surface area contributed by atoms with Crippen molar-refractivity contribution in [2.24, 2.45) is 0 Å². The summed E-state index contributed by atoms with van der Waals surface area (Å²) in [6.07, 6.45) is 66.5. The van der Waals surface area contributed by atoms with Gasteiger partial charge < -0.3 is 18.9 Å². The van der Waals surface area contributed by atoms with Crippen LogP contribution in [0.2, 0.25) is 0 Å². The van der Waals surface area contributed by atoms with Gasteiger partial charge in [-0.15, -0.1) is 0 Å². The third-order valence-corrected chi connectivity index (χ3v) is 10.2. The lowest BCUT2D eigenvalue weighted by Crippen LogP contribution is -2.37. The SMILES string of the molecule is CC/C=C\C/C=C\C/C=C\C/C=C\C/C=C\C/C=C\C/C=C\CCCCOCC(COP(=O)(O)OCC[N+](C)(C)C)OC(=O)CCCCCC/C=C\C/C=C\C/C=C\C/C=C\CC. The molecule has 0 aliphatic rings. The molecule has 8 nitrogen and oxygen atoms in total. The summed E-state index contributed by atoms with van der Waals surface area (Å²) < 4.78 is 35.0. The van der Waals surface area contributed by atoms with Gasteiger partial charge in [0, 0.05) is 13.0 Å². The third kappa shape index (κ3) is 49.5. The first kappa shape index (κ1) is 59.6. The number of quaternary nitrogens is 1. The number of phosphoric acid groups is 1. The molecule has 0 saturated carbocycles. The Morgan fingerprint density at radius 3 is 1.29 bits per heavy atom. The molecule has 0 aromatic rings. The number of esters is 1. The van der Waals surface area contributed by atoms with Gasteiger partial charge in [-0.2, -0.15) is 0 Å². The maximum Gasteiger partial charge on any atom is 0.472 e. The monoisotopic (exact) mass is 895 g/mol. The second-order valence-electron chi connectivity index (χ2n) is 16.4. The molecule has 0 aromatic carbocycles. The maximum absolute atomic E-state index is 12.7. The van der Waals surface area contributed by atoms with Crippen LogP contribution in [-0.2, 0) is 27.9 Å². The standard InChI is InChI=1S/C54H88NO7P/c1-6-8-10-12-14-16-18-20-22-24-25-26-27-28-29-30-32-34-36-38-40-42-44-46-49-59-51-53(52-61-63(57,58)60-50-48-55(3,4)5)62-54(56)47-45-43-41-39-37-35-33-31-23-21-19-17-15-13-11-9-7-2/h8-11,14-17,20-23,25-26,28-29,32-35,38,40,53H,6-7,12-13,18-19,24,27,30-31,36-37,39,41-52H2,1-5H3/p+1/b10-8-,11-9-,16-14-,17-15-,22-20-,23-21-,26-25-,29-28-,34-32-,35-33-,40-38-. The quantitative estimate of drug-likeness (QED) is 0.0215. The van der Waals surface area contributed by atoms with Gasteiger partial charge in [-0.3, -0.25) is 13.8 Å². The zero-order chi connectivity index (χ0) is 46.2. The number of hydrogen-bond donors (Lipinski definition) is 1. The maximum atomic E-state index is 12.7. The first-order chi connectivity index (χ1) is 30.6. The molecule has 0 rings (SSSR count).